The number of hydrogen-bond donors (Lipinski definition) is 1. The molecule has 2 aromatic rings. The van der Waals surface area contributed by atoms with Crippen molar-refractivity contribution in [3.63, 3.8) is 0 Å². The quantitative estimate of drug-likeness (QED) is 0.738. The molecule has 62 valence electrons. The van der Waals surface area contributed by atoms with Crippen molar-refractivity contribution in [1.82, 2.24) is 9.36 Å². The van der Waals surface area contributed by atoms with Gasteiger partial charge in [0.25, 0.3) is 0 Å². The molecule has 2 aromatic heterocycles. The van der Waals surface area contributed by atoms with Gasteiger partial charge < -0.3 is 0 Å². The van der Waals surface area contributed by atoms with Crippen LogP contribution in [0.25, 0.3) is 10.7 Å². The van der Waals surface area contributed by atoms with Gasteiger partial charge >= 0.3 is 0 Å². The van der Waals surface area contributed by atoms with Crippen molar-refractivity contribution in [2.75, 3.05) is 0 Å². The van der Waals surface area contributed by atoms with Gasteiger partial charge in [0.15, 0.2) is 9.78 Å². The van der Waals surface area contributed by atoms with Gasteiger partial charge in [0, 0.05) is 0 Å². The molecule has 0 radical (unpaired) electrons. The second-order valence-electron chi connectivity index (χ2n) is 2.42. The lowest BCUT2D eigenvalue weighted by Crippen LogP contribution is -1.72. The van der Waals surface area contributed by atoms with E-state index in [4.69, 9.17) is 12.2 Å². The number of aromatic amines is 1. The number of hydrogen-bond acceptors (Lipinski definition) is 4. The van der Waals surface area contributed by atoms with Crippen LogP contribution >= 0.6 is 35.1 Å². The zero-order valence-corrected chi connectivity index (χ0v) is 8.78. The lowest BCUT2D eigenvalue weighted by atomic mass is 10.3. The van der Waals surface area contributed by atoms with Crippen LogP contribution in [-0.4, -0.2) is 9.36 Å². The zero-order valence-electron chi connectivity index (χ0n) is 6.33. The van der Waals surface area contributed by atoms with Crippen LogP contribution in [0.2, 0.25) is 0 Å². The predicted molar refractivity (Wildman–Crippen MR) is 55.3 cm³/mol. The molecule has 2 nitrogen and oxygen atoms in total. The van der Waals surface area contributed by atoms with Crippen molar-refractivity contribution in [3.05, 3.63) is 21.0 Å². The highest BCUT2D eigenvalue weighted by Crippen LogP contribution is 2.24. The standard InChI is InChI=1S/C7H6N2S3/c1-4-2-5(11-3-4)6-8-7(10)12-9-6/h2-3H,1H3,(H,8,9,10). The molecule has 0 unspecified atom stereocenters. The molecule has 0 saturated heterocycles. The average molecular weight is 214 g/mol. The summed E-state index contributed by atoms with van der Waals surface area (Å²) in [5.41, 5.74) is 1.27. The summed E-state index contributed by atoms with van der Waals surface area (Å²) >= 11 is 8.00. The first-order valence-corrected chi connectivity index (χ1v) is 5.47. The summed E-state index contributed by atoms with van der Waals surface area (Å²) in [6.07, 6.45) is 0. The van der Waals surface area contributed by atoms with Crippen LogP contribution in [0.15, 0.2) is 11.4 Å². The van der Waals surface area contributed by atoms with Crippen molar-refractivity contribution in [3.8, 4) is 10.7 Å². The van der Waals surface area contributed by atoms with Gasteiger partial charge in [-0.1, -0.05) is 0 Å². The number of H-pyrrole nitrogens is 1. The topological polar surface area (TPSA) is 28.7 Å². The van der Waals surface area contributed by atoms with Gasteiger partial charge in [-0.15, -0.1) is 11.3 Å². The highest BCUT2D eigenvalue weighted by molar-refractivity contribution is 7.73. The summed E-state index contributed by atoms with van der Waals surface area (Å²) in [5.74, 6) is 0.892. The second kappa shape index (κ2) is 3.08. The fraction of sp³-hybridized carbons (Fsp3) is 0.143. The third-order valence-electron chi connectivity index (χ3n) is 1.40. The number of nitrogens with one attached hydrogen (secondary N) is 1. The molecule has 2 heterocycles. The summed E-state index contributed by atoms with van der Waals surface area (Å²) in [4.78, 5) is 5.34. The van der Waals surface area contributed by atoms with Crippen LogP contribution in [0.3, 0.4) is 0 Å². The normalized spacial score (nSPS) is 10.4. The summed E-state index contributed by atoms with van der Waals surface area (Å²) in [7, 11) is 0. The highest BCUT2D eigenvalue weighted by atomic mass is 32.2. The molecule has 0 bridgehead atoms. The summed E-state index contributed by atoms with van der Waals surface area (Å²) in [5, 5.41) is 2.10. The van der Waals surface area contributed by atoms with E-state index in [0.717, 1.165) is 10.7 Å². The average Bonchev–Trinajstić information content (AvgIpc) is 2.58. The molecule has 5 heteroatoms. The van der Waals surface area contributed by atoms with Gasteiger partial charge in [-0.2, -0.15) is 0 Å². The molecule has 12 heavy (non-hydrogen) atoms. The highest BCUT2D eigenvalue weighted by Gasteiger charge is 2.02. The maximum atomic E-state index is 4.92. The van der Waals surface area contributed by atoms with Crippen molar-refractivity contribution in [2.45, 2.75) is 6.92 Å². The Morgan fingerprint density at radius 1 is 1.58 bits per heavy atom. The molecule has 0 aromatic carbocycles. The van der Waals surface area contributed by atoms with E-state index in [9.17, 15) is 0 Å². The Kier molecular flexibility index (Phi) is 2.08. The Balaban J connectivity index is 2.50. The third kappa shape index (κ3) is 1.48. The van der Waals surface area contributed by atoms with E-state index in [-0.39, 0.29) is 0 Å². The van der Waals surface area contributed by atoms with Gasteiger partial charge in [0.2, 0.25) is 0 Å². The number of rotatable bonds is 1. The molecule has 0 aliphatic rings. The Morgan fingerprint density at radius 2 is 2.42 bits per heavy atom. The SMILES string of the molecule is Cc1csc(-c2nc(=S)s[nH]2)c1. The predicted octanol–water partition coefficient (Wildman–Crippen LogP) is 3.24. The zero-order chi connectivity index (χ0) is 8.55. The number of aryl methyl sites for hydroxylation is 1. The number of nitrogens with zero attached hydrogens (tertiary/aromatic N) is 1. The Labute approximate surface area is 83.1 Å². The first-order valence-electron chi connectivity index (χ1n) is 3.37. The van der Waals surface area contributed by atoms with Crippen LogP contribution in [0.1, 0.15) is 5.56 Å². The molecule has 1 N–H and O–H groups in total. The van der Waals surface area contributed by atoms with Crippen LogP contribution < -0.4 is 0 Å². The number of aromatic nitrogens is 2. The van der Waals surface area contributed by atoms with Crippen molar-refractivity contribution >= 4 is 35.1 Å². The Hall–Kier alpha value is -0.520. The van der Waals surface area contributed by atoms with Gasteiger partial charge in [-0.25, -0.2) is 4.98 Å². The van der Waals surface area contributed by atoms with Crippen LogP contribution in [-0.2, 0) is 0 Å². The first kappa shape index (κ1) is 8.10. The van der Waals surface area contributed by atoms with Gasteiger partial charge in [0.1, 0.15) is 0 Å². The molecular weight excluding hydrogens is 208 g/mol. The fourth-order valence-corrected chi connectivity index (χ4v) is 2.49. The monoisotopic (exact) mass is 214 g/mol. The minimum atomic E-state index is 0.663. The van der Waals surface area contributed by atoms with Crippen LogP contribution in [0, 0.1) is 10.9 Å². The molecular formula is C7H6N2S3. The summed E-state index contributed by atoms with van der Waals surface area (Å²) in [6, 6.07) is 2.10. The third-order valence-corrected chi connectivity index (χ3v) is 3.36. The van der Waals surface area contributed by atoms with Crippen LogP contribution in [0.5, 0.6) is 0 Å². The Bertz CT molecular complexity index is 437. The van der Waals surface area contributed by atoms with Crippen molar-refractivity contribution in [1.29, 1.82) is 0 Å². The molecule has 0 aliphatic carbocycles. The molecule has 0 fully saturated rings. The van der Waals surface area contributed by atoms with E-state index in [0.29, 0.717) is 3.95 Å². The molecule has 0 saturated carbocycles. The second-order valence-corrected chi connectivity index (χ2v) is 4.77. The van der Waals surface area contributed by atoms with Gasteiger partial charge in [-0.3, -0.25) is 4.37 Å². The summed E-state index contributed by atoms with van der Waals surface area (Å²) in [6.45, 7) is 2.07. The maximum Gasteiger partial charge on any atom is 0.198 e. The lowest BCUT2D eigenvalue weighted by molar-refractivity contribution is 1.33. The molecule has 0 atom stereocenters. The Morgan fingerprint density at radius 3 is 2.92 bits per heavy atom. The van der Waals surface area contributed by atoms with Gasteiger partial charge in [-0.05, 0) is 47.7 Å². The summed E-state index contributed by atoms with van der Waals surface area (Å²) < 4.78 is 3.73. The molecule has 0 aliphatic heterocycles. The minimum Gasteiger partial charge on any atom is -0.292 e. The smallest absolute Gasteiger partial charge is 0.198 e. The van der Waals surface area contributed by atoms with E-state index in [1.54, 1.807) is 11.3 Å². The minimum absolute atomic E-state index is 0.663. The molecule has 2 rings (SSSR count). The van der Waals surface area contributed by atoms with Crippen molar-refractivity contribution in [2.24, 2.45) is 0 Å². The largest absolute Gasteiger partial charge is 0.292 e. The van der Waals surface area contributed by atoms with E-state index in [1.165, 1.54) is 17.1 Å². The van der Waals surface area contributed by atoms with Gasteiger partial charge in [0.05, 0.1) is 4.88 Å². The lowest BCUT2D eigenvalue weighted by Gasteiger charge is -1.84. The van der Waals surface area contributed by atoms with E-state index < -0.39 is 0 Å². The van der Waals surface area contributed by atoms with Crippen LogP contribution in [0.4, 0.5) is 0 Å². The molecule has 0 spiro atoms. The van der Waals surface area contributed by atoms with E-state index in [1.807, 2.05) is 0 Å². The maximum absolute atomic E-state index is 4.92. The van der Waals surface area contributed by atoms with E-state index in [2.05, 4.69) is 27.7 Å². The molecule has 0 amide bonds. The first-order chi connectivity index (χ1) is 5.75. The van der Waals surface area contributed by atoms with E-state index >= 15 is 0 Å². The number of thiophene rings is 1. The van der Waals surface area contributed by atoms with Crippen molar-refractivity contribution < 1.29 is 0 Å². The fourth-order valence-electron chi connectivity index (χ4n) is 0.890.